The maximum absolute atomic E-state index is 4.33. The van der Waals surface area contributed by atoms with Crippen molar-refractivity contribution in [2.24, 2.45) is 0 Å². The lowest BCUT2D eigenvalue weighted by atomic mass is 10.2. The molecule has 1 heterocycles. The van der Waals surface area contributed by atoms with Crippen molar-refractivity contribution in [3.8, 4) is 0 Å². The van der Waals surface area contributed by atoms with Crippen molar-refractivity contribution in [1.82, 2.24) is 4.90 Å². The van der Waals surface area contributed by atoms with Gasteiger partial charge in [-0.1, -0.05) is 18.2 Å². The fraction of sp³-hybridized carbons (Fsp3) is 0.455. The zero-order valence-electron chi connectivity index (χ0n) is 8.58. The number of anilines is 1. The van der Waals surface area contributed by atoms with Crippen LogP contribution in [-0.2, 0) is 0 Å². The number of piperazine rings is 1. The Bertz CT molecular complexity index is 295. The van der Waals surface area contributed by atoms with E-state index in [0.29, 0.717) is 0 Å². The van der Waals surface area contributed by atoms with Crippen LogP contribution in [0.1, 0.15) is 0 Å². The molecule has 0 radical (unpaired) electrons. The number of para-hydroxylation sites is 1. The van der Waals surface area contributed by atoms with Gasteiger partial charge in [0, 0.05) is 31.9 Å². The first kappa shape index (κ1) is 11.2. The van der Waals surface area contributed by atoms with Crippen molar-refractivity contribution in [3.05, 3.63) is 30.3 Å². The van der Waals surface area contributed by atoms with Crippen LogP contribution in [0.25, 0.3) is 0 Å². The standard InChI is InChI=1S/C11H16N2S2/c14-11(15)13-8-6-12(7-9-13)10-4-2-1-3-5-10/h1-5,11,14-15H,6-9H2. The van der Waals surface area contributed by atoms with Crippen LogP contribution >= 0.6 is 25.3 Å². The lowest BCUT2D eigenvalue weighted by Crippen LogP contribution is -2.47. The van der Waals surface area contributed by atoms with Gasteiger partial charge in [0.05, 0.1) is 4.71 Å². The Morgan fingerprint density at radius 2 is 1.53 bits per heavy atom. The Morgan fingerprint density at radius 3 is 2.07 bits per heavy atom. The summed E-state index contributed by atoms with van der Waals surface area (Å²) in [7, 11) is 0. The highest BCUT2D eigenvalue weighted by Gasteiger charge is 2.19. The zero-order valence-corrected chi connectivity index (χ0v) is 10.4. The van der Waals surface area contributed by atoms with Gasteiger partial charge in [0.2, 0.25) is 0 Å². The molecular weight excluding hydrogens is 224 g/mol. The number of hydrogen-bond acceptors (Lipinski definition) is 4. The van der Waals surface area contributed by atoms with Gasteiger partial charge in [0.15, 0.2) is 0 Å². The minimum Gasteiger partial charge on any atom is -0.369 e. The van der Waals surface area contributed by atoms with Crippen LogP contribution in [-0.4, -0.2) is 35.8 Å². The van der Waals surface area contributed by atoms with E-state index in [1.807, 2.05) is 0 Å². The minimum absolute atomic E-state index is 0.0722. The number of nitrogens with zero attached hydrogens (tertiary/aromatic N) is 2. The van der Waals surface area contributed by atoms with Gasteiger partial charge in [-0.25, -0.2) is 0 Å². The largest absolute Gasteiger partial charge is 0.369 e. The predicted molar refractivity (Wildman–Crippen MR) is 72.0 cm³/mol. The first-order chi connectivity index (χ1) is 7.27. The maximum atomic E-state index is 4.33. The summed E-state index contributed by atoms with van der Waals surface area (Å²) in [6.07, 6.45) is 0. The number of rotatable bonds is 2. The van der Waals surface area contributed by atoms with E-state index in [9.17, 15) is 0 Å². The molecule has 0 saturated carbocycles. The summed E-state index contributed by atoms with van der Waals surface area (Å²) < 4.78 is 0.0722. The van der Waals surface area contributed by atoms with Gasteiger partial charge in [-0.2, -0.15) is 0 Å². The maximum Gasteiger partial charge on any atom is 0.0970 e. The van der Waals surface area contributed by atoms with Crippen LogP contribution in [0.15, 0.2) is 30.3 Å². The summed E-state index contributed by atoms with van der Waals surface area (Å²) in [4.78, 5) is 4.67. The minimum atomic E-state index is 0.0722. The van der Waals surface area contributed by atoms with Crippen LogP contribution in [0.4, 0.5) is 5.69 Å². The molecular formula is C11H16N2S2. The van der Waals surface area contributed by atoms with Gasteiger partial charge >= 0.3 is 0 Å². The van der Waals surface area contributed by atoms with Crippen LogP contribution in [0.5, 0.6) is 0 Å². The van der Waals surface area contributed by atoms with Gasteiger partial charge in [-0.05, 0) is 12.1 Å². The Labute approximate surface area is 102 Å². The molecule has 0 amide bonds. The summed E-state index contributed by atoms with van der Waals surface area (Å²) in [6, 6.07) is 10.5. The van der Waals surface area contributed by atoms with E-state index in [1.165, 1.54) is 5.69 Å². The van der Waals surface area contributed by atoms with Gasteiger partial charge in [0.25, 0.3) is 0 Å². The molecule has 1 aromatic rings. The molecule has 0 N–H and O–H groups in total. The molecule has 0 unspecified atom stereocenters. The van der Waals surface area contributed by atoms with Gasteiger partial charge < -0.3 is 4.90 Å². The molecule has 0 spiro atoms. The highest BCUT2D eigenvalue weighted by atomic mass is 32.2. The fourth-order valence-electron chi connectivity index (χ4n) is 1.85. The molecule has 1 saturated heterocycles. The second-order valence-corrected chi connectivity index (χ2v) is 5.09. The van der Waals surface area contributed by atoms with Crippen molar-refractivity contribution in [2.45, 2.75) is 4.71 Å². The Hall–Kier alpha value is -0.320. The highest BCUT2D eigenvalue weighted by Crippen LogP contribution is 2.18. The molecule has 15 heavy (non-hydrogen) atoms. The van der Waals surface area contributed by atoms with Crippen molar-refractivity contribution in [1.29, 1.82) is 0 Å². The quantitative estimate of drug-likeness (QED) is 0.603. The van der Waals surface area contributed by atoms with E-state index in [-0.39, 0.29) is 4.71 Å². The van der Waals surface area contributed by atoms with Crippen molar-refractivity contribution in [2.75, 3.05) is 31.1 Å². The van der Waals surface area contributed by atoms with Crippen LogP contribution < -0.4 is 4.90 Å². The summed E-state index contributed by atoms with van der Waals surface area (Å²) in [6.45, 7) is 4.18. The monoisotopic (exact) mass is 240 g/mol. The average molecular weight is 240 g/mol. The topological polar surface area (TPSA) is 6.48 Å². The lowest BCUT2D eigenvalue weighted by molar-refractivity contribution is 0.287. The van der Waals surface area contributed by atoms with E-state index < -0.39 is 0 Å². The summed E-state index contributed by atoms with van der Waals surface area (Å²) in [5.74, 6) is 0. The van der Waals surface area contributed by atoms with E-state index in [1.54, 1.807) is 0 Å². The summed E-state index contributed by atoms with van der Waals surface area (Å²) in [5, 5.41) is 0. The van der Waals surface area contributed by atoms with Crippen LogP contribution in [0.3, 0.4) is 0 Å². The first-order valence-corrected chi connectivity index (χ1v) is 6.21. The lowest BCUT2D eigenvalue weighted by Gasteiger charge is -2.37. The SMILES string of the molecule is SC(S)N1CCN(c2ccccc2)CC1. The third kappa shape index (κ3) is 2.83. The number of benzene rings is 1. The van der Waals surface area contributed by atoms with Gasteiger partial charge in [-0.15, -0.1) is 25.3 Å². The molecule has 0 aromatic heterocycles. The van der Waals surface area contributed by atoms with Crippen LogP contribution in [0, 0.1) is 0 Å². The van der Waals surface area contributed by atoms with E-state index in [0.717, 1.165) is 26.2 Å². The van der Waals surface area contributed by atoms with Crippen molar-refractivity contribution in [3.63, 3.8) is 0 Å². The Balaban J connectivity index is 1.94. The fourth-order valence-corrected chi connectivity index (χ4v) is 2.31. The molecule has 0 aliphatic carbocycles. The molecule has 82 valence electrons. The molecule has 1 aromatic carbocycles. The van der Waals surface area contributed by atoms with E-state index in [4.69, 9.17) is 0 Å². The Kier molecular flexibility index (Phi) is 3.83. The highest BCUT2D eigenvalue weighted by molar-refractivity contribution is 7.99. The second-order valence-electron chi connectivity index (χ2n) is 3.70. The van der Waals surface area contributed by atoms with Crippen molar-refractivity contribution < 1.29 is 0 Å². The van der Waals surface area contributed by atoms with Crippen LogP contribution in [0.2, 0.25) is 0 Å². The molecule has 1 fully saturated rings. The Morgan fingerprint density at radius 1 is 0.933 bits per heavy atom. The summed E-state index contributed by atoms with van der Waals surface area (Å²) in [5.41, 5.74) is 1.31. The second kappa shape index (κ2) is 5.14. The molecule has 1 aliphatic heterocycles. The smallest absolute Gasteiger partial charge is 0.0970 e. The third-order valence-electron chi connectivity index (χ3n) is 2.76. The average Bonchev–Trinajstić information content (AvgIpc) is 2.30. The number of hydrogen-bond donors (Lipinski definition) is 2. The third-order valence-corrected chi connectivity index (χ3v) is 3.42. The molecule has 0 atom stereocenters. The van der Waals surface area contributed by atoms with E-state index in [2.05, 4.69) is 65.4 Å². The molecule has 1 aliphatic rings. The van der Waals surface area contributed by atoms with E-state index >= 15 is 0 Å². The molecule has 2 nitrogen and oxygen atoms in total. The molecule has 4 heteroatoms. The molecule has 0 bridgehead atoms. The normalized spacial score (nSPS) is 18.5. The predicted octanol–water partition coefficient (Wildman–Crippen LogP) is 1.95. The molecule has 2 rings (SSSR count). The van der Waals surface area contributed by atoms with Crippen molar-refractivity contribution >= 4 is 30.9 Å². The summed E-state index contributed by atoms with van der Waals surface area (Å²) >= 11 is 8.66. The first-order valence-electron chi connectivity index (χ1n) is 5.17. The number of thiol groups is 2. The van der Waals surface area contributed by atoms with Gasteiger partial charge in [0.1, 0.15) is 0 Å². The van der Waals surface area contributed by atoms with Gasteiger partial charge in [-0.3, -0.25) is 4.90 Å². The zero-order chi connectivity index (χ0) is 10.7.